The number of ketones is 1. The van der Waals surface area contributed by atoms with Crippen LogP contribution < -0.4 is 10.1 Å². The first-order valence-corrected chi connectivity index (χ1v) is 10.5. The van der Waals surface area contributed by atoms with E-state index in [9.17, 15) is 9.59 Å². The second kappa shape index (κ2) is 8.24. The Kier molecular flexibility index (Phi) is 5.52. The van der Waals surface area contributed by atoms with Crippen molar-refractivity contribution in [1.29, 1.82) is 0 Å². The fourth-order valence-electron chi connectivity index (χ4n) is 4.47. The maximum atomic E-state index is 13.2. The average molecular weight is 389 g/mol. The lowest BCUT2D eigenvalue weighted by atomic mass is 9.73. The zero-order valence-electron chi connectivity index (χ0n) is 17.0. The van der Waals surface area contributed by atoms with Crippen molar-refractivity contribution in [1.82, 2.24) is 5.32 Å². The number of carbonyl (C=O) groups excluding carboxylic acids is 2. The summed E-state index contributed by atoms with van der Waals surface area (Å²) in [4.78, 5) is 25.6. The predicted molar refractivity (Wildman–Crippen MR) is 113 cm³/mol. The summed E-state index contributed by atoms with van der Waals surface area (Å²) < 4.78 is 5.52. The van der Waals surface area contributed by atoms with Gasteiger partial charge >= 0.3 is 0 Å². The molecule has 2 aromatic rings. The molecular weight excluding hydrogens is 362 g/mol. The molecule has 150 valence electrons. The molecule has 0 fully saturated rings. The van der Waals surface area contributed by atoms with Gasteiger partial charge in [-0.15, -0.1) is 0 Å². The summed E-state index contributed by atoms with van der Waals surface area (Å²) in [5.74, 6) is 0.875. The number of hydrogen-bond acceptors (Lipinski definition) is 3. The average Bonchev–Trinajstić information content (AvgIpc) is 2.73. The van der Waals surface area contributed by atoms with Crippen LogP contribution in [0.3, 0.4) is 0 Å². The van der Waals surface area contributed by atoms with E-state index in [2.05, 4.69) is 36.5 Å². The van der Waals surface area contributed by atoms with Gasteiger partial charge < -0.3 is 10.1 Å². The number of hydrogen-bond donors (Lipinski definition) is 1. The molecule has 0 radical (unpaired) electrons. The Morgan fingerprint density at radius 2 is 1.59 bits per heavy atom. The van der Waals surface area contributed by atoms with Crippen molar-refractivity contribution in [3.05, 3.63) is 76.5 Å². The van der Waals surface area contributed by atoms with Crippen molar-refractivity contribution in [3.8, 4) is 5.75 Å². The highest BCUT2D eigenvalue weighted by atomic mass is 16.5. The molecule has 2 aromatic carbocycles. The third-order valence-corrected chi connectivity index (χ3v) is 5.99. The fraction of sp³-hybridized carbons (Fsp3) is 0.360. The van der Waals surface area contributed by atoms with Gasteiger partial charge in [0.2, 0.25) is 5.91 Å². The minimum Gasteiger partial charge on any atom is -0.494 e. The Balaban J connectivity index is 1.63. The molecule has 1 N–H and O–H groups in total. The fourth-order valence-corrected chi connectivity index (χ4v) is 4.47. The predicted octanol–water partition coefficient (Wildman–Crippen LogP) is 4.65. The molecule has 4 rings (SSSR count). The first-order valence-electron chi connectivity index (χ1n) is 10.5. The van der Waals surface area contributed by atoms with E-state index in [0.717, 1.165) is 29.0 Å². The monoisotopic (exact) mass is 389 g/mol. The van der Waals surface area contributed by atoms with Crippen LogP contribution in [0.1, 0.15) is 61.6 Å². The Morgan fingerprint density at radius 1 is 0.897 bits per heavy atom. The van der Waals surface area contributed by atoms with E-state index in [1.54, 1.807) is 0 Å². The molecule has 0 saturated carbocycles. The number of rotatable bonds is 5. The number of carbonyl (C=O) groups is 2. The van der Waals surface area contributed by atoms with Crippen LogP contribution in [0.4, 0.5) is 0 Å². The van der Waals surface area contributed by atoms with Crippen LogP contribution in [-0.4, -0.2) is 18.3 Å². The highest BCUT2D eigenvalue weighted by Crippen LogP contribution is 2.42. The van der Waals surface area contributed by atoms with Gasteiger partial charge in [-0.1, -0.05) is 43.3 Å². The summed E-state index contributed by atoms with van der Waals surface area (Å²) >= 11 is 0. The first kappa shape index (κ1) is 19.4. The van der Waals surface area contributed by atoms with E-state index < -0.39 is 0 Å². The topological polar surface area (TPSA) is 55.4 Å². The number of benzene rings is 2. The van der Waals surface area contributed by atoms with Gasteiger partial charge in [0.05, 0.1) is 6.61 Å². The Bertz CT molecular complexity index is 941. The molecule has 2 aliphatic rings. The summed E-state index contributed by atoms with van der Waals surface area (Å²) in [7, 11) is 0. The summed E-state index contributed by atoms with van der Waals surface area (Å²) in [6, 6.07) is 16.3. The molecule has 0 saturated heterocycles. The zero-order valence-corrected chi connectivity index (χ0v) is 17.0. The molecule has 29 heavy (non-hydrogen) atoms. The molecule has 2 atom stereocenters. The molecule has 4 heteroatoms. The Hall–Kier alpha value is -2.88. The Labute approximate surface area is 172 Å². The van der Waals surface area contributed by atoms with E-state index in [4.69, 9.17) is 4.74 Å². The molecule has 1 heterocycles. The number of ether oxygens (including phenoxy) is 1. The normalized spacial score (nSPS) is 21.6. The van der Waals surface area contributed by atoms with Crippen molar-refractivity contribution in [3.63, 3.8) is 0 Å². The van der Waals surface area contributed by atoms with Crippen LogP contribution in [0.15, 0.2) is 59.8 Å². The first-order chi connectivity index (χ1) is 14.1. The van der Waals surface area contributed by atoms with Crippen LogP contribution in [-0.2, 0) is 16.0 Å². The number of allylic oxidation sites excluding steroid dienone is 2. The lowest BCUT2D eigenvalue weighted by Gasteiger charge is -2.34. The minimum absolute atomic E-state index is 0.0163. The number of Topliss-reactive ketones (excluding diaryl/α,β-unsaturated/α-hetero) is 1. The van der Waals surface area contributed by atoms with Gasteiger partial charge in [0, 0.05) is 30.0 Å². The summed E-state index contributed by atoms with van der Waals surface area (Å²) in [6.07, 6.45) is 2.51. The van der Waals surface area contributed by atoms with Gasteiger partial charge in [0.15, 0.2) is 5.78 Å². The molecular formula is C25H27NO3. The Morgan fingerprint density at radius 3 is 2.24 bits per heavy atom. The summed E-state index contributed by atoms with van der Waals surface area (Å²) in [5.41, 5.74) is 5.04. The second-order valence-electron chi connectivity index (χ2n) is 7.82. The molecule has 0 aromatic heterocycles. The van der Waals surface area contributed by atoms with E-state index in [-0.39, 0.29) is 23.5 Å². The molecule has 4 nitrogen and oxygen atoms in total. The molecule has 1 aliphatic heterocycles. The van der Waals surface area contributed by atoms with Gasteiger partial charge in [-0.05, 0) is 54.5 Å². The highest BCUT2D eigenvalue weighted by Gasteiger charge is 2.38. The second-order valence-corrected chi connectivity index (χ2v) is 7.82. The number of aryl methyl sites for hydroxylation is 1. The smallest absolute Gasteiger partial charge is 0.225 e. The summed E-state index contributed by atoms with van der Waals surface area (Å²) in [6.45, 7) is 4.69. The van der Waals surface area contributed by atoms with Crippen LogP contribution in [0.2, 0.25) is 0 Å². The zero-order chi connectivity index (χ0) is 20.4. The van der Waals surface area contributed by atoms with Crippen molar-refractivity contribution >= 4 is 11.7 Å². The minimum atomic E-state index is -0.176. The standard InChI is InChI=1S/C25H27NO3/c1-3-16-5-7-17(8-6-16)19-13-22-25(23(27)14-19)21(15-24(28)26-22)18-9-11-20(12-10-18)29-4-2/h5-12,19,21H,3-4,13-15H2,1-2H3,(H,26,28). The maximum Gasteiger partial charge on any atom is 0.225 e. The van der Waals surface area contributed by atoms with Gasteiger partial charge in [0.25, 0.3) is 0 Å². The maximum absolute atomic E-state index is 13.2. The van der Waals surface area contributed by atoms with Crippen molar-refractivity contribution in [2.45, 2.75) is 51.4 Å². The lowest BCUT2D eigenvalue weighted by Crippen LogP contribution is -2.38. The van der Waals surface area contributed by atoms with Crippen molar-refractivity contribution in [2.75, 3.05) is 6.61 Å². The van der Waals surface area contributed by atoms with Crippen molar-refractivity contribution < 1.29 is 14.3 Å². The molecule has 2 unspecified atom stereocenters. The third kappa shape index (κ3) is 3.98. The molecule has 1 amide bonds. The third-order valence-electron chi connectivity index (χ3n) is 5.99. The van der Waals surface area contributed by atoms with Gasteiger partial charge in [-0.3, -0.25) is 9.59 Å². The van der Waals surface area contributed by atoms with Crippen LogP contribution in [0.5, 0.6) is 5.75 Å². The highest BCUT2D eigenvalue weighted by molar-refractivity contribution is 6.02. The van der Waals surface area contributed by atoms with Crippen LogP contribution in [0, 0.1) is 0 Å². The van der Waals surface area contributed by atoms with E-state index in [0.29, 0.717) is 25.9 Å². The molecule has 0 bridgehead atoms. The van der Waals surface area contributed by atoms with Gasteiger partial charge in [0.1, 0.15) is 5.75 Å². The van der Waals surface area contributed by atoms with Gasteiger partial charge in [-0.25, -0.2) is 0 Å². The quantitative estimate of drug-likeness (QED) is 0.810. The van der Waals surface area contributed by atoms with Gasteiger partial charge in [-0.2, -0.15) is 0 Å². The number of amides is 1. The SMILES string of the molecule is CCOc1ccc(C2CC(=O)NC3=C2C(=O)CC(c2ccc(CC)cc2)C3)cc1. The lowest BCUT2D eigenvalue weighted by molar-refractivity contribution is -0.122. The number of nitrogens with one attached hydrogen (secondary N) is 1. The molecule has 1 aliphatic carbocycles. The largest absolute Gasteiger partial charge is 0.494 e. The molecule has 0 spiro atoms. The summed E-state index contributed by atoms with van der Waals surface area (Å²) in [5, 5.41) is 3.00. The van der Waals surface area contributed by atoms with E-state index >= 15 is 0 Å². The van der Waals surface area contributed by atoms with Crippen LogP contribution in [0.25, 0.3) is 0 Å². The van der Waals surface area contributed by atoms with Crippen LogP contribution >= 0.6 is 0 Å². The van der Waals surface area contributed by atoms with E-state index in [1.165, 1.54) is 11.1 Å². The van der Waals surface area contributed by atoms with Crippen molar-refractivity contribution in [2.24, 2.45) is 0 Å². The van der Waals surface area contributed by atoms with E-state index in [1.807, 2.05) is 31.2 Å².